The van der Waals surface area contributed by atoms with Gasteiger partial charge in [-0.15, -0.1) is 0 Å². The Morgan fingerprint density at radius 1 is 0.765 bits per heavy atom. The molecule has 5 aromatic heterocycles. The number of rotatable bonds is 13. The molecule has 362 valence electrons. The highest BCUT2D eigenvalue weighted by Crippen LogP contribution is 2.34. The first kappa shape index (κ1) is 53.7. The number of halogens is 2. The van der Waals surface area contributed by atoms with E-state index in [1.807, 2.05) is 75.2 Å². The molecule has 0 bridgehead atoms. The zero-order valence-electron chi connectivity index (χ0n) is 40.5. The van der Waals surface area contributed by atoms with Gasteiger partial charge in [0.15, 0.2) is 5.78 Å². The fourth-order valence-electron chi connectivity index (χ4n) is 9.19. The first-order valence-corrected chi connectivity index (χ1v) is 25.2. The van der Waals surface area contributed by atoms with Crippen molar-refractivity contribution >= 4 is 73.4 Å². The molecule has 14 heteroatoms. The number of Topliss-reactive ketones (excluding diaryl/α,β-unsaturated/α-hetero) is 5. The number of ketones is 5. The van der Waals surface area contributed by atoms with Crippen molar-refractivity contribution in [2.75, 3.05) is 0 Å². The van der Waals surface area contributed by atoms with Crippen LogP contribution in [0.4, 0.5) is 0 Å². The summed E-state index contributed by atoms with van der Waals surface area (Å²) in [6.07, 6.45) is 17.6. The van der Waals surface area contributed by atoms with Gasteiger partial charge in [-0.3, -0.25) is 43.7 Å². The van der Waals surface area contributed by atoms with E-state index in [1.54, 1.807) is 33.2 Å². The molecule has 1 amide bonds. The minimum Gasteiger partial charge on any atom is -0.346 e. The summed E-state index contributed by atoms with van der Waals surface area (Å²) in [7, 11) is 1.90. The Labute approximate surface area is 414 Å². The molecule has 5 heterocycles. The van der Waals surface area contributed by atoms with Gasteiger partial charge in [-0.2, -0.15) is 0 Å². The van der Waals surface area contributed by atoms with Crippen LogP contribution in [0.25, 0.3) is 11.0 Å². The van der Waals surface area contributed by atoms with E-state index in [4.69, 9.17) is 11.6 Å². The van der Waals surface area contributed by atoms with Gasteiger partial charge < -0.3 is 9.88 Å². The molecule has 5 aromatic rings. The maximum Gasteiger partial charge on any atom is 0.223 e. The number of hydrogen-bond acceptors (Lipinski definition) is 10. The fourth-order valence-corrected chi connectivity index (χ4v) is 9.83. The molecule has 0 spiro atoms. The van der Waals surface area contributed by atoms with Crippen molar-refractivity contribution in [2.24, 2.45) is 36.6 Å². The first-order valence-electron chi connectivity index (χ1n) is 23.7. The second-order valence-corrected chi connectivity index (χ2v) is 19.8. The maximum absolute atomic E-state index is 12.8. The van der Waals surface area contributed by atoms with Gasteiger partial charge in [0, 0.05) is 115 Å². The maximum atomic E-state index is 12.8. The van der Waals surface area contributed by atoms with Crippen molar-refractivity contribution in [3.05, 3.63) is 118 Å². The molecular weight excluding hydrogens is 944 g/mol. The molecule has 0 radical (unpaired) electrons. The van der Waals surface area contributed by atoms with Crippen LogP contribution in [0.2, 0.25) is 5.02 Å². The van der Waals surface area contributed by atoms with Crippen LogP contribution in [0.5, 0.6) is 0 Å². The molecule has 0 aliphatic heterocycles. The number of amides is 1. The number of carbonyl (C=O) groups excluding carboxylic acids is 6. The summed E-state index contributed by atoms with van der Waals surface area (Å²) in [5.41, 5.74) is 8.55. The van der Waals surface area contributed by atoms with Gasteiger partial charge in [-0.05, 0) is 164 Å². The van der Waals surface area contributed by atoms with Crippen LogP contribution in [-0.4, -0.2) is 65.4 Å². The second kappa shape index (κ2) is 25.9. The quantitative estimate of drug-likeness (QED) is 0.112. The Kier molecular flexibility index (Phi) is 20.5. The van der Waals surface area contributed by atoms with Crippen LogP contribution in [-0.2, 0) is 60.4 Å². The predicted molar refractivity (Wildman–Crippen MR) is 269 cm³/mol. The van der Waals surface area contributed by atoms with Gasteiger partial charge >= 0.3 is 0 Å². The van der Waals surface area contributed by atoms with Crippen LogP contribution in [0.1, 0.15) is 118 Å². The van der Waals surface area contributed by atoms with E-state index in [-0.39, 0.29) is 58.5 Å². The van der Waals surface area contributed by atoms with E-state index in [0.717, 1.165) is 89.5 Å². The van der Waals surface area contributed by atoms with Crippen LogP contribution in [0.15, 0.2) is 73.4 Å². The molecule has 3 fully saturated rings. The first-order chi connectivity index (χ1) is 32.4. The van der Waals surface area contributed by atoms with Crippen LogP contribution in [0, 0.1) is 50.4 Å². The van der Waals surface area contributed by atoms with Crippen molar-refractivity contribution in [1.82, 2.24) is 29.8 Å². The highest BCUT2D eigenvalue weighted by molar-refractivity contribution is 9.08. The molecule has 12 nitrogen and oxygen atoms in total. The molecule has 8 rings (SSSR count). The minimum atomic E-state index is -0.489. The van der Waals surface area contributed by atoms with E-state index >= 15 is 0 Å². The molecule has 6 atom stereocenters. The highest BCUT2D eigenvalue weighted by Gasteiger charge is 2.35. The summed E-state index contributed by atoms with van der Waals surface area (Å²) < 4.78 is 1.88. The Morgan fingerprint density at radius 2 is 1.37 bits per heavy atom. The van der Waals surface area contributed by atoms with Crippen molar-refractivity contribution in [3.8, 4) is 0 Å². The smallest absolute Gasteiger partial charge is 0.223 e. The Morgan fingerprint density at radius 3 is 1.90 bits per heavy atom. The molecule has 1 N–H and O–H groups in total. The lowest BCUT2D eigenvalue weighted by Gasteiger charge is -2.17. The predicted octanol–water partition coefficient (Wildman–Crippen LogP) is 9.94. The number of aryl methyl sites for hydroxylation is 5. The van der Waals surface area contributed by atoms with Crippen molar-refractivity contribution in [2.45, 2.75) is 130 Å². The fraction of sp³-hybridized carbons (Fsp3) is 0.481. The third-order valence-corrected chi connectivity index (χ3v) is 14.1. The number of alkyl halides is 1. The number of hydrogen-bond donors (Lipinski definition) is 1. The summed E-state index contributed by atoms with van der Waals surface area (Å²) in [4.78, 5) is 86.7. The number of pyridine rings is 4. The SMILES string of the molecule is CC(=O)[C@@H]1CC(=O)[C@@H](Cc2ccnc(C)c2)C1.CC(=O)[C@H]1CCC(=O)C1.Cc1cc(CBr)ccn1.Cc1cc(C[C@@H]2CC[C@@H](C(=O)N[C@@H](C)C(=O)CCc3cnc4c(c3)c(Cl)cn4C)C2)ccn1. The molecular formula is C54H66BrClN6O6. The summed E-state index contributed by atoms with van der Waals surface area (Å²) in [5, 5.41) is 5.42. The zero-order valence-corrected chi connectivity index (χ0v) is 42.9. The number of aromatic nitrogens is 5. The number of nitrogens with one attached hydrogen (secondary N) is 1. The van der Waals surface area contributed by atoms with E-state index in [9.17, 15) is 28.8 Å². The lowest BCUT2D eigenvalue weighted by Crippen LogP contribution is -2.41. The van der Waals surface area contributed by atoms with E-state index in [1.165, 1.54) is 11.1 Å². The van der Waals surface area contributed by atoms with Crippen molar-refractivity contribution in [3.63, 3.8) is 0 Å². The highest BCUT2D eigenvalue weighted by atomic mass is 79.9. The Bertz CT molecular complexity index is 2580. The molecule has 3 aliphatic carbocycles. The lowest BCUT2D eigenvalue weighted by molar-refractivity contribution is -0.129. The summed E-state index contributed by atoms with van der Waals surface area (Å²) in [6.45, 7) is 10.9. The van der Waals surface area contributed by atoms with E-state index < -0.39 is 6.04 Å². The second-order valence-electron chi connectivity index (χ2n) is 18.8. The largest absolute Gasteiger partial charge is 0.346 e. The molecule has 0 saturated heterocycles. The normalized spacial score (nSPS) is 20.0. The van der Waals surface area contributed by atoms with Crippen molar-refractivity contribution < 1.29 is 28.8 Å². The van der Waals surface area contributed by atoms with Crippen molar-refractivity contribution in [1.29, 1.82) is 0 Å². The third kappa shape index (κ3) is 16.5. The molecule has 0 aromatic carbocycles. The van der Waals surface area contributed by atoms with Crippen LogP contribution >= 0.6 is 27.5 Å². The van der Waals surface area contributed by atoms with E-state index in [2.05, 4.69) is 59.4 Å². The van der Waals surface area contributed by atoms with Gasteiger partial charge in [0.05, 0.1) is 11.1 Å². The van der Waals surface area contributed by atoms with Gasteiger partial charge in [0.25, 0.3) is 0 Å². The Balaban J connectivity index is 0.000000202. The monoisotopic (exact) mass is 1010 g/mol. The molecule has 0 unspecified atom stereocenters. The van der Waals surface area contributed by atoms with Crippen LogP contribution < -0.4 is 5.32 Å². The molecule has 3 aliphatic rings. The summed E-state index contributed by atoms with van der Waals surface area (Å²) in [6, 6.07) is 13.7. The third-order valence-electron chi connectivity index (χ3n) is 13.1. The minimum absolute atomic E-state index is 0.00316. The lowest BCUT2D eigenvalue weighted by atomic mass is 9.95. The van der Waals surface area contributed by atoms with Crippen LogP contribution in [0.3, 0.4) is 0 Å². The van der Waals surface area contributed by atoms with Gasteiger partial charge in [-0.1, -0.05) is 27.5 Å². The number of fused-ring (bicyclic) bond motifs is 1. The standard InChI is InChI=1S/C26H31ClN4O2.C14H17NO2.C7H8BrN.C7H10O2/c1-16-10-19(8-9-28-16)11-18-4-6-21(12-18)26(33)30-17(2)24(32)7-5-20-13-22-23(27)15-31(3)25(22)29-14-20;1-9-5-11(3-4-15-9)6-13-7-12(10(2)16)8-14(13)17;1-6-4-7(5-8)2-3-9-6;1-5(8)6-2-3-7(9)4-6/h8-10,13-15,17-18,21H,4-7,11-12H2,1-3H3,(H,30,33);3-5,12-13H,6-8H2,1-2H3;2-4H,5H2,1H3;6H,2-4H2,1H3/t17-,18-,21+;12-,13-;;6-/m00.0/s1. The van der Waals surface area contributed by atoms with Gasteiger partial charge in [0.1, 0.15) is 28.8 Å². The zero-order chi connectivity index (χ0) is 49.5. The number of carbonyl (C=O) groups is 6. The summed E-state index contributed by atoms with van der Waals surface area (Å²) in [5.74, 6) is 1.34. The topological polar surface area (TPSA) is 171 Å². The van der Waals surface area contributed by atoms with Gasteiger partial charge in [-0.25, -0.2) is 4.98 Å². The number of nitrogens with zero attached hydrogens (tertiary/aromatic N) is 5. The summed E-state index contributed by atoms with van der Waals surface area (Å²) >= 11 is 9.63. The average Bonchev–Trinajstić information content (AvgIpc) is 4.11. The van der Waals surface area contributed by atoms with E-state index in [0.29, 0.717) is 43.0 Å². The molecule has 68 heavy (non-hydrogen) atoms. The van der Waals surface area contributed by atoms with Gasteiger partial charge in [0.2, 0.25) is 5.91 Å². The molecule has 3 saturated carbocycles. The Hall–Kier alpha value is -5.27. The average molecular weight is 1010 g/mol.